The molecule has 0 saturated carbocycles. The van der Waals surface area contributed by atoms with Gasteiger partial charge in [-0.1, -0.05) is 20.8 Å². The number of sulfonamides is 1. The molecule has 0 bridgehead atoms. The van der Waals surface area contributed by atoms with Gasteiger partial charge in [-0.25, -0.2) is 23.4 Å². The second kappa shape index (κ2) is 6.52. The number of aromatic nitrogens is 4. The maximum Gasteiger partial charge on any atom is 0.262 e. The summed E-state index contributed by atoms with van der Waals surface area (Å²) in [5, 5.41) is 0.148. The van der Waals surface area contributed by atoms with Gasteiger partial charge in [0.15, 0.2) is 5.03 Å². The van der Waals surface area contributed by atoms with Crippen molar-refractivity contribution in [1.29, 1.82) is 0 Å². The number of hydrogen-bond donors (Lipinski definition) is 0. The van der Waals surface area contributed by atoms with E-state index in [0.29, 0.717) is 30.7 Å². The highest BCUT2D eigenvalue weighted by Crippen LogP contribution is 2.36. The minimum absolute atomic E-state index is 0.0288. The zero-order valence-corrected chi connectivity index (χ0v) is 17.9. The summed E-state index contributed by atoms with van der Waals surface area (Å²) in [5.74, 6) is 2.26. The van der Waals surface area contributed by atoms with E-state index in [4.69, 9.17) is 0 Å². The summed E-state index contributed by atoms with van der Waals surface area (Å²) in [6.07, 6.45) is 3.23. The first kappa shape index (κ1) is 19.3. The maximum atomic E-state index is 13.0. The number of fused-ring (bicyclic) bond motifs is 1. The van der Waals surface area contributed by atoms with Crippen molar-refractivity contribution in [2.45, 2.75) is 38.1 Å². The number of imidazole rings is 1. The van der Waals surface area contributed by atoms with E-state index in [2.05, 4.69) is 46.7 Å². The number of aryl methyl sites for hydroxylation is 2. The molecule has 2 fully saturated rings. The van der Waals surface area contributed by atoms with Crippen LogP contribution in [0.3, 0.4) is 0 Å². The van der Waals surface area contributed by atoms with E-state index in [9.17, 15) is 8.42 Å². The molecule has 2 aliphatic heterocycles. The Bertz CT molecular complexity index is 961. The van der Waals surface area contributed by atoms with E-state index in [0.717, 1.165) is 24.6 Å². The molecular weight excluding hydrogens is 376 g/mol. The lowest BCUT2D eigenvalue weighted by molar-refractivity contribution is 0.450. The topological polar surface area (TPSA) is 84.2 Å². The molecule has 2 aromatic heterocycles. The van der Waals surface area contributed by atoms with Crippen molar-refractivity contribution in [2.24, 2.45) is 18.9 Å². The molecule has 152 valence electrons. The summed E-state index contributed by atoms with van der Waals surface area (Å²) in [5.41, 5.74) is 0.989. The molecular formula is C19H28N6O2S. The van der Waals surface area contributed by atoms with Crippen molar-refractivity contribution >= 4 is 15.8 Å². The average molecular weight is 405 g/mol. The van der Waals surface area contributed by atoms with Crippen LogP contribution < -0.4 is 4.90 Å². The van der Waals surface area contributed by atoms with Crippen LogP contribution in [0.25, 0.3) is 0 Å². The van der Waals surface area contributed by atoms with Crippen LogP contribution in [0.4, 0.5) is 5.82 Å². The first-order valence-electron chi connectivity index (χ1n) is 9.63. The Hall–Kier alpha value is -2.00. The van der Waals surface area contributed by atoms with Crippen molar-refractivity contribution in [3.05, 3.63) is 30.1 Å². The van der Waals surface area contributed by atoms with Gasteiger partial charge in [0.05, 0.1) is 5.69 Å². The van der Waals surface area contributed by atoms with Crippen LogP contribution in [0, 0.1) is 18.8 Å². The fourth-order valence-electron chi connectivity index (χ4n) is 4.05. The van der Waals surface area contributed by atoms with E-state index in [1.807, 2.05) is 14.0 Å². The second-order valence-electron chi connectivity index (χ2n) is 9.00. The Morgan fingerprint density at radius 3 is 2.25 bits per heavy atom. The number of nitrogens with zero attached hydrogens (tertiary/aromatic N) is 6. The van der Waals surface area contributed by atoms with E-state index in [1.165, 1.54) is 0 Å². The maximum absolute atomic E-state index is 13.0. The fourth-order valence-corrected chi connectivity index (χ4v) is 5.63. The van der Waals surface area contributed by atoms with Crippen LogP contribution in [0.15, 0.2) is 23.6 Å². The van der Waals surface area contributed by atoms with Gasteiger partial charge in [-0.2, -0.15) is 4.31 Å². The molecule has 4 rings (SSSR count). The van der Waals surface area contributed by atoms with Gasteiger partial charge in [0.25, 0.3) is 10.0 Å². The minimum Gasteiger partial charge on any atom is -0.356 e. The van der Waals surface area contributed by atoms with Crippen LogP contribution in [0.5, 0.6) is 0 Å². The molecule has 2 saturated heterocycles. The van der Waals surface area contributed by atoms with Crippen molar-refractivity contribution in [3.63, 3.8) is 0 Å². The summed E-state index contributed by atoms with van der Waals surface area (Å²) in [6.45, 7) is 10.9. The summed E-state index contributed by atoms with van der Waals surface area (Å²) in [6, 6.07) is 2.06. The number of rotatable bonds is 3. The average Bonchev–Trinajstić information content (AvgIpc) is 3.28. The van der Waals surface area contributed by atoms with Gasteiger partial charge in [0.1, 0.15) is 18.0 Å². The lowest BCUT2D eigenvalue weighted by atomic mass is 9.92. The van der Waals surface area contributed by atoms with Gasteiger partial charge in [0, 0.05) is 50.9 Å². The molecule has 0 radical (unpaired) electrons. The van der Waals surface area contributed by atoms with Crippen molar-refractivity contribution < 1.29 is 8.42 Å². The third-order valence-electron chi connectivity index (χ3n) is 5.89. The highest BCUT2D eigenvalue weighted by molar-refractivity contribution is 7.89. The Morgan fingerprint density at radius 2 is 1.71 bits per heavy atom. The molecule has 0 spiro atoms. The lowest BCUT2D eigenvalue weighted by Crippen LogP contribution is -2.33. The quantitative estimate of drug-likeness (QED) is 0.772. The molecule has 0 N–H and O–H groups in total. The van der Waals surface area contributed by atoms with Gasteiger partial charge >= 0.3 is 0 Å². The second-order valence-corrected chi connectivity index (χ2v) is 10.9. The smallest absolute Gasteiger partial charge is 0.262 e. The molecule has 2 aromatic rings. The molecule has 8 nitrogen and oxygen atoms in total. The first-order chi connectivity index (χ1) is 13.1. The minimum atomic E-state index is -3.53. The third kappa shape index (κ3) is 3.30. The Balaban J connectivity index is 1.48. The Kier molecular flexibility index (Phi) is 4.50. The predicted molar refractivity (Wildman–Crippen MR) is 107 cm³/mol. The third-order valence-corrected chi connectivity index (χ3v) is 7.59. The van der Waals surface area contributed by atoms with Crippen LogP contribution in [0.1, 0.15) is 32.3 Å². The molecule has 28 heavy (non-hydrogen) atoms. The largest absolute Gasteiger partial charge is 0.356 e. The first-order valence-corrected chi connectivity index (χ1v) is 11.1. The van der Waals surface area contributed by atoms with E-state index >= 15 is 0 Å². The molecule has 0 aliphatic carbocycles. The fraction of sp³-hybridized carbons (Fsp3) is 0.632. The molecule has 2 unspecified atom stereocenters. The molecule has 2 atom stereocenters. The molecule has 0 amide bonds. The summed E-state index contributed by atoms with van der Waals surface area (Å²) in [4.78, 5) is 15.4. The molecule has 9 heteroatoms. The molecule has 2 aliphatic rings. The van der Waals surface area contributed by atoms with Gasteiger partial charge in [-0.3, -0.25) is 0 Å². The summed E-state index contributed by atoms with van der Waals surface area (Å²) in [7, 11) is -1.72. The lowest BCUT2D eigenvalue weighted by Gasteiger charge is -2.23. The standard InChI is InChI=1S/C19H28N6O2S/c1-13-22-18(11-23(13)5)28(26,27)25-9-14-7-24(8-15(14)10-25)17-6-16(19(2,3)4)20-12-21-17/h6,11-12,14-15H,7-10H2,1-5H3. The van der Waals surface area contributed by atoms with Crippen molar-refractivity contribution in [3.8, 4) is 0 Å². The van der Waals surface area contributed by atoms with Gasteiger partial charge in [0.2, 0.25) is 0 Å². The highest BCUT2D eigenvalue weighted by Gasteiger charge is 2.45. The highest BCUT2D eigenvalue weighted by atomic mass is 32.2. The normalized spacial score (nSPS) is 23.4. The van der Waals surface area contributed by atoms with Crippen LogP contribution in [0.2, 0.25) is 0 Å². The zero-order chi connectivity index (χ0) is 20.3. The molecule has 4 heterocycles. The predicted octanol–water partition coefficient (Wildman–Crippen LogP) is 1.57. The Labute approximate surface area is 166 Å². The monoisotopic (exact) mass is 404 g/mol. The van der Waals surface area contributed by atoms with Crippen LogP contribution in [-0.4, -0.2) is 58.4 Å². The summed E-state index contributed by atoms with van der Waals surface area (Å²) >= 11 is 0. The van der Waals surface area contributed by atoms with Crippen LogP contribution >= 0.6 is 0 Å². The van der Waals surface area contributed by atoms with E-state index < -0.39 is 10.0 Å². The number of anilines is 1. The zero-order valence-electron chi connectivity index (χ0n) is 17.1. The summed E-state index contributed by atoms with van der Waals surface area (Å²) < 4.78 is 29.2. The van der Waals surface area contributed by atoms with E-state index in [-0.39, 0.29) is 10.4 Å². The van der Waals surface area contributed by atoms with Crippen LogP contribution in [-0.2, 0) is 22.5 Å². The SMILES string of the molecule is Cc1nc(S(=O)(=O)N2CC3CN(c4cc(C(C)(C)C)ncn4)CC3C2)cn1C. The molecule has 0 aromatic carbocycles. The van der Waals surface area contributed by atoms with Gasteiger partial charge in [-0.15, -0.1) is 0 Å². The number of hydrogen-bond acceptors (Lipinski definition) is 6. The van der Waals surface area contributed by atoms with Gasteiger partial charge < -0.3 is 9.47 Å². The van der Waals surface area contributed by atoms with Gasteiger partial charge in [-0.05, 0) is 18.8 Å². The Morgan fingerprint density at radius 1 is 1.07 bits per heavy atom. The van der Waals surface area contributed by atoms with Crippen molar-refractivity contribution in [1.82, 2.24) is 23.8 Å². The van der Waals surface area contributed by atoms with Crippen molar-refractivity contribution in [2.75, 3.05) is 31.1 Å². The van der Waals surface area contributed by atoms with E-state index in [1.54, 1.807) is 21.4 Å².